The maximum atomic E-state index is 5.88. The van der Waals surface area contributed by atoms with E-state index in [-0.39, 0.29) is 24.8 Å². The van der Waals surface area contributed by atoms with E-state index >= 15 is 0 Å². The molecule has 7 heteroatoms. The van der Waals surface area contributed by atoms with E-state index in [2.05, 4.69) is 42.2 Å². The summed E-state index contributed by atoms with van der Waals surface area (Å²) in [6.07, 6.45) is 5.21. The standard InChI is InChI=1S/C10H5Br2Cl2N2.Li/c11-7-3-15-9(13)1-5(7)6-2-10(14)16-4-8(6)12;/h1-5H;/q-1;+1. The van der Waals surface area contributed by atoms with Crippen molar-refractivity contribution in [1.29, 1.82) is 0 Å². The van der Waals surface area contributed by atoms with Crippen molar-refractivity contribution in [2.45, 2.75) is 5.92 Å². The molecule has 2 rings (SSSR count). The van der Waals surface area contributed by atoms with Crippen molar-refractivity contribution in [3.63, 3.8) is 0 Å². The van der Waals surface area contributed by atoms with Crippen LogP contribution in [0.25, 0.3) is 5.32 Å². The van der Waals surface area contributed by atoms with E-state index in [9.17, 15) is 0 Å². The third-order valence-electron chi connectivity index (χ3n) is 2.10. The van der Waals surface area contributed by atoms with Crippen molar-refractivity contribution in [2.75, 3.05) is 0 Å². The predicted octanol–water partition coefficient (Wildman–Crippen LogP) is 2.29. The van der Waals surface area contributed by atoms with Crippen LogP contribution < -0.4 is 18.9 Å². The van der Waals surface area contributed by atoms with Gasteiger partial charge in [-0.2, -0.15) is 6.20 Å². The van der Waals surface area contributed by atoms with E-state index in [0.717, 1.165) is 14.5 Å². The molecular formula is C10H5Br2Cl2LiN2. The number of rotatable bonds is 1. The van der Waals surface area contributed by atoms with Crippen molar-refractivity contribution in [3.8, 4) is 0 Å². The first kappa shape index (κ1) is 15.6. The van der Waals surface area contributed by atoms with Crippen LogP contribution in [0.15, 0.2) is 38.7 Å². The maximum absolute atomic E-state index is 5.88. The second-order valence-corrected chi connectivity index (χ2v) is 5.68. The van der Waals surface area contributed by atoms with E-state index in [1.165, 1.54) is 0 Å². The molecule has 0 saturated carbocycles. The summed E-state index contributed by atoms with van der Waals surface area (Å²) in [6, 6.07) is 1.80. The zero-order valence-electron chi connectivity index (χ0n) is 8.79. The van der Waals surface area contributed by atoms with Crippen LogP contribution in [-0.4, -0.2) is 4.98 Å². The summed E-state index contributed by atoms with van der Waals surface area (Å²) in [6.45, 7) is 0. The Labute approximate surface area is 138 Å². The van der Waals surface area contributed by atoms with Crippen molar-refractivity contribution < 1.29 is 18.9 Å². The van der Waals surface area contributed by atoms with Crippen LogP contribution >= 0.6 is 55.1 Å². The Bertz CT molecular complexity index is 491. The van der Waals surface area contributed by atoms with Gasteiger partial charge in [0.05, 0.1) is 0 Å². The van der Waals surface area contributed by atoms with Crippen molar-refractivity contribution in [3.05, 3.63) is 54.7 Å². The van der Waals surface area contributed by atoms with Gasteiger partial charge >= 0.3 is 18.9 Å². The quantitative estimate of drug-likeness (QED) is 0.410. The minimum absolute atomic E-state index is 0. The molecule has 0 aliphatic carbocycles. The third-order valence-corrected chi connectivity index (χ3v) is 3.89. The minimum atomic E-state index is 0. The maximum Gasteiger partial charge on any atom is 1.00 e. The molecule has 1 aliphatic heterocycles. The second-order valence-electron chi connectivity index (χ2n) is 3.14. The summed E-state index contributed by atoms with van der Waals surface area (Å²) in [5.41, 5.74) is 0.996. The second kappa shape index (κ2) is 6.65. The average Bonchev–Trinajstić information content (AvgIpc) is 2.25. The topological polar surface area (TPSA) is 27.0 Å². The Hall–Kier alpha value is 0.567. The van der Waals surface area contributed by atoms with E-state index in [1.807, 2.05) is 6.08 Å². The molecule has 1 aromatic heterocycles. The first-order valence-corrected chi connectivity index (χ1v) is 6.67. The van der Waals surface area contributed by atoms with Gasteiger partial charge < -0.3 is 5.32 Å². The van der Waals surface area contributed by atoms with Gasteiger partial charge in [0.2, 0.25) is 0 Å². The molecule has 1 atom stereocenters. The number of nitrogens with zero attached hydrogens (tertiary/aromatic N) is 2. The Morgan fingerprint density at radius 3 is 2.71 bits per heavy atom. The van der Waals surface area contributed by atoms with Crippen molar-refractivity contribution in [2.24, 2.45) is 0 Å². The van der Waals surface area contributed by atoms with Gasteiger partial charge in [-0.05, 0) is 32.0 Å². The van der Waals surface area contributed by atoms with Gasteiger partial charge in [-0.25, -0.2) is 4.98 Å². The molecule has 0 saturated heterocycles. The normalized spacial score (nSPS) is 18.7. The summed E-state index contributed by atoms with van der Waals surface area (Å²) >= 11 is 18.7. The Balaban J connectivity index is 0.00000144. The molecule has 0 amide bonds. The molecule has 1 aromatic rings. The van der Waals surface area contributed by atoms with E-state index in [1.54, 1.807) is 18.5 Å². The van der Waals surface area contributed by atoms with Crippen LogP contribution in [0, 0.1) is 0 Å². The first-order chi connectivity index (χ1) is 7.58. The third kappa shape index (κ3) is 3.76. The first-order valence-electron chi connectivity index (χ1n) is 4.32. The van der Waals surface area contributed by atoms with Crippen molar-refractivity contribution in [1.82, 2.24) is 4.98 Å². The van der Waals surface area contributed by atoms with Gasteiger partial charge in [-0.1, -0.05) is 38.8 Å². The van der Waals surface area contributed by atoms with Gasteiger partial charge in [0.15, 0.2) is 0 Å². The average molecular weight is 391 g/mol. The molecule has 0 fully saturated rings. The molecule has 1 aliphatic rings. The van der Waals surface area contributed by atoms with Crippen molar-refractivity contribution >= 4 is 55.1 Å². The monoisotopic (exact) mass is 388 g/mol. The number of aromatic nitrogens is 1. The van der Waals surface area contributed by atoms with Crippen LogP contribution in [0.1, 0.15) is 11.5 Å². The molecule has 0 aromatic carbocycles. The van der Waals surface area contributed by atoms with Crippen LogP contribution in [0.2, 0.25) is 5.15 Å². The fourth-order valence-electron chi connectivity index (χ4n) is 1.37. The Kier molecular flexibility index (Phi) is 6.11. The Morgan fingerprint density at radius 1 is 1.29 bits per heavy atom. The number of hydrogen-bond donors (Lipinski definition) is 0. The summed E-state index contributed by atoms with van der Waals surface area (Å²) in [5, 5.41) is 4.91. The molecular weight excluding hydrogens is 386 g/mol. The number of hydrogen-bond acceptors (Lipinski definition) is 1. The SMILES string of the molecule is ClC1=CC(c2cc(Cl)ncc2Br)C(Br)=C[N-]1.[Li+]. The predicted molar refractivity (Wildman–Crippen MR) is 74.0 cm³/mol. The molecule has 0 bridgehead atoms. The summed E-state index contributed by atoms with van der Waals surface area (Å²) < 4.78 is 1.81. The van der Waals surface area contributed by atoms with Crippen LogP contribution in [-0.2, 0) is 0 Å². The van der Waals surface area contributed by atoms with Crippen LogP contribution in [0.3, 0.4) is 0 Å². The number of halogens is 4. The molecule has 17 heavy (non-hydrogen) atoms. The summed E-state index contributed by atoms with van der Waals surface area (Å²) in [7, 11) is 0. The van der Waals surface area contributed by atoms with E-state index in [0.29, 0.717) is 10.3 Å². The smallest absolute Gasteiger partial charge is 0.654 e. The van der Waals surface area contributed by atoms with Gasteiger partial charge in [0.1, 0.15) is 5.15 Å². The van der Waals surface area contributed by atoms with Gasteiger partial charge in [0, 0.05) is 16.6 Å². The van der Waals surface area contributed by atoms with E-state index < -0.39 is 0 Å². The number of pyridine rings is 1. The van der Waals surface area contributed by atoms with Gasteiger partial charge in [-0.3, -0.25) is 0 Å². The summed E-state index contributed by atoms with van der Waals surface area (Å²) in [5.74, 6) is 0.0138. The minimum Gasteiger partial charge on any atom is -0.654 e. The molecule has 0 radical (unpaired) electrons. The fourth-order valence-corrected chi connectivity index (χ4v) is 2.65. The largest absolute Gasteiger partial charge is 1.00 e. The van der Waals surface area contributed by atoms with Gasteiger partial charge in [-0.15, -0.1) is 11.6 Å². The molecule has 84 valence electrons. The molecule has 1 unspecified atom stereocenters. The summed E-state index contributed by atoms with van der Waals surface area (Å²) in [4.78, 5) is 3.98. The van der Waals surface area contributed by atoms with Gasteiger partial charge in [0.25, 0.3) is 0 Å². The number of allylic oxidation sites excluding steroid dienone is 2. The molecule has 0 spiro atoms. The zero-order valence-corrected chi connectivity index (χ0v) is 13.5. The zero-order chi connectivity index (χ0) is 11.7. The molecule has 2 nitrogen and oxygen atoms in total. The fraction of sp³-hybridized carbons (Fsp3) is 0.100. The van der Waals surface area contributed by atoms with Crippen LogP contribution in [0.4, 0.5) is 0 Å². The van der Waals surface area contributed by atoms with E-state index in [4.69, 9.17) is 23.2 Å². The molecule has 2 heterocycles. The Morgan fingerprint density at radius 2 is 2.00 bits per heavy atom. The van der Waals surface area contributed by atoms with Crippen LogP contribution in [0.5, 0.6) is 0 Å². The molecule has 0 N–H and O–H groups in total.